The average Bonchev–Trinajstić information content (AvgIpc) is 2.61. The van der Waals surface area contributed by atoms with Crippen LogP contribution in [-0.2, 0) is 6.42 Å². The van der Waals surface area contributed by atoms with Crippen LogP contribution in [-0.4, -0.2) is 11.5 Å². The first kappa shape index (κ1) is 16.3. The zero-order chi connectivity index (χ0) is 16.8. The van der Waals surface area contributed by atoms with Crippen LogP contribution in [0.25, 0.3) is 11.1 Å². The standard InChI is InChI=1S/C20H20ClN3/c21-17-10-8-16(9-11-17)18-14-24-20(22)13-19(18)23-12-4-7-15-5-2-1-3-6-15/h1-3,5-6,8-11,13-14H,4,7,12H2,(H3,22,23,24). The summed E-state index contributed by atoms with van der Waals surface area (Å²) < 4.78 is 0. The first-order chi connectivity index (χ1) is 11.7. The fraction of sp³-hybridized carbons (Fsp3) is 0.150. The molecular formula is C20H20ClN3. The molecule has 0 amide bonds. The molecule has 0 atom stereocenters. The number of nitrogens with one attached hydrogen (secondary N) is 1. The number of rotatable bonds is 6. The zero-order valence-corrected chi connectivity index (χ0v) is 14.1. The fourth-order valence-corrected chi connectivity index (χ4v) is 2.76. The van der Waals surface area contributed by atoms with Crippen LogP contribution in [0.3, 0.4) is 0 Å². The number of aryl methyl sites for hydroxylation is 1. The topological polar surface area (TPSA) is 50.9 Å². The summed E-state index contributed by atoms with van der Waals surface area (Å²) in [4.78, 5) is 4.22. The Labute approximate surface area is 147 Å². The van der Waals surface area contributed by atoms with Crippen molar-refractivity contribution in [2.75, 3.05) is 17.6 Å². The molecule has 0 radical (unpaired) electrons. The summed E-state index contributed by atoms with van der Waals surface area (Å²) in [5.41, 5.74) is 10.3. The maximum Gasteiger partial charge on any atom is 0.125 e. The average molecular weight is 338 g/mol. The van der Waals surface area contributed by atoms with Crippen molar-refractivity contribution in [3.8, 4) is 11.1 Å². The Hall–Kier alpha value is -2.52. The molecule has 3 rings (SSSR count). The Kier molecular flexibility index (Phi) is 5.34. The van der Waals surface area contributed by atoms with Crippen molar-refractivity contribution in [1.82, 2.24) is 4.98 Å². The second-order valence-corrected chi connectivity index (χ2v) is 6.11. The molecule has 24 heavy (non-hydrogen) atoms. The molecule has 0 aliphatic heterocycles. The maximum atomic E-state index is 5.97. The van der Waals surface area contributed by atoms with Gasteiger partial charge in [-0.15, -0.1) is 0 Å². The van der Waals surface area contributed by atoms with E-state index in [1.54, 1.807) is 6.20 Å². The van der Waals surface area contributed by atoms with Crippen LogP contribution in [0, 0.1) is 0 Å². The highest BCUT2D eigenvalue weighted by atomic mass is 35.5. The van der Waals surface area contributed by atoms with Gasteiger partial charge >= 0.3 is 0 Å². The van der Waals surface area contributed by atoms with Crippen molar-refractivity contribution in [3.63, 3.8) is 0 Å². The van der Waals surface area contributed by atoms with Crippen molar-refractivity contribution >= 4 is 23.1 Å². The predicted molar refractivity (Wildman–Crippen MR) is 102 cm³/mol. The zero-order valence-electron chi connectivity index (χ0n) is 13.4. The monoisotopic (exact) mass is 337 g/mol. The van der Waals surface area contributed by atoms with E-state index in [9.17, 15) is 0 Å². The highest BCUT2D eigenvalue weighted by Gasteiger charge is 2.07. The van der Waals surface area contributed by atoms with Crippen LogP contribution >= 0.6 is 11.6 Å². The van der Waals surface area contributed by atoms with E-state index in [1.165, 1.54) is 5.56 Å². The van der Waals surface area contributed by atoms with Crippen LogP contribution < -0.4 is 11.1 Å². The summed E-state index contributed by atoms with van der Waals surface area (Å²) in [5, 5.41) is 4.21. The van der Waals surface area contributed by atoms with E-state index in [2.05, 4.69) is 34.6 Å². The lowest BCUT2D eigenvalue weighted by Gasteiger charge is -2.13. The molecule has 0 aliphatic rings. The number of hydrogen-bond acceptors (Lipinski definition) is 3. The van der Waals surface area contributed by atoms with Gasteiger partial charge in [-0.05, 0) is 36.1 Å². The minimum Gasteiger partial charge on any atom is -0.384 e. The van der Waals surface area contributed by atoms with Gasteiger partial charge in [-0.2, -0.15) is 0 Å². The maximum absolute atomic E-state index is 5.97. The molecule has 0 saturated heterocycles. The molecule has 0 bridgehead atoms. The number of nitrogens with zero attached hydrogens (tertiary/aromatic N) is 1. The van der Waals surface area contributed by atoms with Gasteiger partial charge in [-0.25, -0.2) is 4.98 Å². The number of anilines is 2. The number of benzene rings is 2. The van der Waals surface area contributed by atoms with E-state index in [-0.39, 0.29) is 0 Å². The Bertz CT molecular complexity index is 786. The first-order valence-corrected chi connectivity index (χ1v) is 8.39. The fourth-order valence-electron chi connectivity index (χ4n) is 2.64. The molecule has 0 fully saturated rings. The predicted octanol–water partition coefficient (Wildman–Crippen LogP) is 5.03. The summed E-state index contributed by atoms with van der Waals surface area (Å²) in [5.74, 6) is 0.512. The molecule has 0 unspecified atom stereocenters. The largest absolute Gasteiger partial charge is 0.384 e. The van der Waals surface area contributed by atoms with E-state index in [0.29, 0.717) is 5.82 Å². The molecule has 1 heterocycles. The normalized spacial score (nSPS) is 10.5. The molecule has 4 heteroatoms. The molecule has 0 saturated carbocycles. The third-order valence-electron chi connectivity index (χ3n) is 3.88. The lowest BCUT2D eigenvalue weighted by Crippen LogP contribution is -2.05. The molecular weight excluding hydrogens is 318 g/mol. The van der Waals surface area contributed by atoms with Crippen LogP contribution in [0.2, 0.25) is 5.02 Å². The van der Waals surface area contributed by atoms with Crippen molar-refractivity contribution in [3.05, 3.63) is 77.4 Å². The van der Waals surface area contributed by atoms with Crippen molar-refractivity contribution in [1.29, 1.82) is 0 Å². The molecule has 3 N–H and O–H groups in total. The molecule has 2 aromatic carbocycles. The van der Waals surface area contributed by atoms with Crippen LogP contribution in [0.1, 0.15) is 12.0 Å². The van der Waals surface area contributed by atoms with E-state index in [4.69, 9.17) is 17.3 Å². The number of pyridine rings is 1. The van der Waals surface area contributed by atoms with Gasteiger partial charge in [0.1, 0.15) is 5.82 Å². The van der Waals surface area contributed by atoms with E-state index < -0.39 is 0 Å². The molecule has 3 nitrogen and oxygen atoms in total. The third kappa shape index (κ3) is 4.27. The highest BCUT2D eigenvalue weighted by molar-refractivity contribution is 6.30. The minimum atomic E-state index is 0.512. The molecule has 1 aromatic heterocycles. The third-order valence-corrected chi connectivity index (χ3v) is 4.13. The second kappa shape index (κ2) is 7.84. The first-order valence-electron chi connectivity index (χ1n) is 8.01. The van der Waals surface area contributed by atoms with E-state index in [1.807, 2.05) is 36.4 Å². The van der Waals surface area contributed by atoms with Gasteiger partial charge in [0.2, 0.25) is 0 Å². The lowest BCUT2D eigenvalue weighted by molar-refractivity contribution is 0.863. The minimum absolute atomic E-state index is 0.512. The van der Waals surface area contributed by atoms with Crippen LogP contribution in [0.4, 0.5) is 11.5 Å². The van der Waals surface area contributed by atoms with Gasteiger partial charge in [0.05, 0.1) is 0 Å². The smallest absolute Gasteiger partial charge is 0.125 e. The number of halogens is 1. The number of nitrogens with two attached hydrogens (primary N) is 1. The van der Waals surface area contributed by atoms with Gasteiger partial charge in [-0.3, -0.25) is 0 Å². The van der Waals surface area contributed by atoms with Gasteiger partial charge in [-0.1, -0.05) is 54.1 Å². The SMILES string of the molecule is Nc1cc(NCCCc2ccccc2)c(-c2ccc(Cl)cc2)cn1. The number of hydrogen-bond donors (Lipinski definition) is 2. The summed E-state index contributed by atoms with van der Waals surface area (Å²) in [6, 6.07) is 20.1. The second-order valence-electron chi connectivity index (χ2n) is 5.68. The van der Waals surface area contributed by atoms with Gasteiger partial charge < -0.3 is 11.1 Å². The van der Waals surface area contributed by atoms with Crippen molar-refractivity contribution in [2.45, 2.75) is 12.8 Å². The summed E-state index contributed by atoms with van der Waals surface area (Å²) in [6.45, 7) is 0.874. The molecule has 0 spiro atoms. The Morgan fingerprint density at radius 3 is 2.50 bits per heavy atom. The van der Waals surface area contributed by atoms with Crippen LogP contribution in [0.5, 0.6) is 0 Å². The van der Waals surface area contributed by atoms with Crippen LogP contribution in [0.15, 0.2) is 66.9 Å². The molecule has 3 aromatic rings. The van der Waals surface area contributed by atoms with E-state index in [0.717, 1.165) is 41.2 Å². The van der Waals surface area contributed by atoms with Gasteiger partial charge in [0, 0.05) is 35.1 Å². The Morgan fingerprint density at radius 2 is 1.75 bits per heavy atom. The summed E-state index contributed by atoms with van der Waals surface area (Å²) in [7, 11) is 0. The number of aromatic nitrogens is 1. The number of nitrogen functional groups attached to an aromatic ring is 1. The summed E-state index contributed by atoms with van der Waals surface area (Å²) in [6.07, 6.45) is 3.90. The highest BCUT2D eigenvalue weighted by Crippen LogP contribution is 2.29. The van der Waals surface area contributed by atoms with Crippen molar-refractivity contribution in [2.24, 2.45) is 0 Å². The quantitative estimate of drug-likeness (QED) is 0.620. The van der Waals surface area contributed by atoms with Gasteiger partial charge in [0.15, 0.2) is 0 Å². The van der Waals surface area contributed by atoms with E-state index >= 15 is 0 Å². The molecule has 122 valence electrons. The Balaban J connectivity index is 1.68. The van der Waals surface area contributed by atoms with Gasteiger partial charge in [0.25, 0.3) is 0 Å². The summed E-state index contributed by atoms with van der Waals surface area (Å²) >= 11 is 5.97. The molecule has 0 aliphatic carbocycles. The lowest BCUT2D eigenvalue weighted by atomic mass is 10.1. The van der Waals surface area contributed by atoms with Crippen molar-refractivity contribution < 1.29 is 0 Å². The Morgan fingerprint density at radius 1 is 1.00 bits per heavy atom.